The zero-order valence-corrected chi connectivity index (χ0v) is 21.9. The summed E-state index contributed by atoms with van der Waals surface area (Å²) in [5.74, 6) is 0.420. The molecule has 186 valence electrons. The Labute approximate surface area is 223 Å². The Kier molecular flexibility index (Phi) is 7.90. The predicted molar refractivity (Wildman–Crippen MR) is 142 cm³/mol. The maximum atomic E-state index is 13.1. The zero-order chi connectivity index (χ0) is 25.9. The van der Waals surface area contributed by atoms with E-state index in [2.05, 4.69) is 15.2 Å². The molecule has 0 aliphatic carbocycles. The lowest BCUT2D eigenvalue weighted by Crippen LogP contribution is -2.16. The standard InChI is InChI=1S/C25H20Cl3N3O4S/c1-15-11-25(30-35-15)31-36(33,34)20-8-6-19(7-9-20)29-23(16-3-2-4-18(26)12-16)14-24(32)17-5-10-21(27)22(28)13-17/h2-13,23,29H,14H2,1H3,(H,30,31). The monoisotopic (exact) mass is 563 g/mol. The van der Waals surface area contributed by atoms with Crippen LogP contribution in [0.2, 0.25) is 15.1 Å². The molecule has 11 heteroatoms. The maximum Gasteiger partial charge on any atom is 0.263 e. The Bertz CT molecular complexity index is 1510. The van der Waals surface area contributed by atoms with E-state index in [0.29, 0.717) is 32.1 Å². The van der Waals surface area contributed by atoms with Crippen LogP contribution < -0.4 is 10.0 Å². The Hall–Kier alpha value is -3.04. The summed E-state index contributed by atoms with van der Waals surface area (Å²) < 4.78 is 32.6. The molecule has 0 saturated heterocycles. The van der Waals surface area contributed by atoms with Gasteiger partial charge < -0.3 is 9.84 Å². The van der Waals surface area contributed by atoms with E-state index in [-0.39, 0.29) is 22.9 Å². The van der Waals surface area contributed by atoms with Gasteiger partial charge >= 0.3 is 0 Å². The quantitative estimate of drug-likeness (QED) is 0.209. The number of hydrogen-bond acceptors (Lipinski definition) is 6. The molecular formula is C25H20Cl3N3O4S. The van der Waals surface area contributed by atoms with Crippen LogP contribution in [0.4, 0.5) is 11.5 Å². The van der Waals surface area contributed by atoms with Crippen molar-refractivity contribution in [1.82, 2.24) is 5.16 Å². The number of sulfonamides is 1. The van der Waals surface area contributed by atoms with E-state index in [0.717, 1.165) is 5.56 Å². The number of nitrogens with zero attached hydrogens (tertiary/aromatic N) is 1. The highest BCUT2D eigenvalue weighted by atomic mass is 35.5. The molecule has 0 aliphatic heterocycles. The SMILES string of the molecule is Cc1cc(NS(=O)(=O)c2ccc(NC(CC(=O)c3ccc(Cl)c(Cl)c3)c3cccc(Cl)c3)cc2)no1. The number of aryl methyl sites for hydroxylation is 1. The Morgan fingerprint density at radius 1 is 0.972 bits per heavy atom. The third-order valence-corrected chi connectivity index (χ3v) is 7.60. The molecular weight excluding hydrogens is 545 g/mol. The largest absolute Gasteiger partial charge is 0.378 e. The third kappa shape index (κ3) is 6.39. The lowest BCUT2D eigenvalue weighted by molar-refractivity contribution is 0.0976. The molecule has 1 heterocycles. The van der Waals surface area contributed by atoms with Crippen molar-refractivity contribution in [3.63, 3.8) is 0 Å². The number of Topliss-reactive ketones (excluding diaryl/α,β-unsaturated/α-hetero) is 1. The maximum absolute atomic E-state index is 13.1. The average molecular weight is 565 g/mol. The van der Waals surface area contributed by atoms with E-state index in [1.807, 2.05) is 6.07 Å². The molecule has 0 bridgehead atoms. The van der Waals surface area contributed by atoms with E-state index in [1.54, 1.807) is 49.4 Å². The van der Waals surface area contributed by atoms with Gasteiger partial charge in [0.1, 0.15) is 5.76 Å². The van der Waals surface area contributed by atoms with E-state index in [4.69, 9.17) is 39.3 Å². The lowest BCUT2D eigenvalue weighted by atomic mass is 9.97. The highest BCUT2D eigenvalue weighted by Crippen LogP contribution is 2.29. The molecule has 7 nitrogen and oxygen atoms in total. The molecule has 1 aromatic heterocycles. The Morgan fingerprint density at radius 3 is 2.36 bits per heavy atom. The number of anilines is 2. The molecule has 1 atom stereocenters. The van der Waals surface area contributed by atoms with E-state index in [1.165, 1.54) is 24.3 Å². The van der Waals surface area contributed by atoms with Gasteiger partial charge in [0.2, 0.25) is 0 Å². The molecule has 2 N–H and O–H groups in total. The minimum absolute atomic E-state index is 0.0416. The summed E-state index contributed by atoms with van der Waals surface area (Å²) in [5.41, 5.74) is 1.82. The fraction of sp³-hybridized carbons (Fsp3) is 0.120. The van der Waals surface area contributed by atoms with Crippen molar-refractivity contribution < 1.29 is 17.7 Å². The van der Waals surface area contributed by atoms with Gasteiger partial charge in [-0.2, -0.15) is 0 Å². The summed E-state index contributed by atoms with van der Waals surface area (Å²) in [7, 11) is -3.86. The molecule has 0 radical (unpaired) electrons. The first-order valence-electron chi connectivity index (χ1n) is 10.7. The Balaban J connectivity index is 1.55. The van der Waals surface area contributed by atoms with E-state index in [9.17, 15) is 13.2 Å². The van der Waals surface area contributed by atoms with Crippen LogP contribution in [-0.2, 0) is 10.0 Å². The number of halogens is 3. The topological polar surface area (TPSA) is 101 Å². The smallest absolute Gasteiger partial charge is 0.263 e. The van der Waals surface area contributed by atoms with Gasteiger partial charge in [-0.1, -0.05) is 52.1 Å². The normalized spacial score (nSPS) is 12.2. The molecule has 0 fully saturated rings. The number of benzene rings is 3. The van der Waals surface area contributed by atoms with Crippen LogP contribution in [0.1, 0.15) is 34.1 Å². The molecule has 0 aliphatic rings. The number of nitrogens with one attached hydrogen (secondary N) is 2. The second kappa shape index (κ2) is 10.9. The van der Waals surface area contributed by atoms with Crippen LogP contribution in [0.25, 0.3) is 0 Å². The lowest BCUT2D eigenvalue weighted by Gasteiger charge is -2.21. The number of carbonyl (C=O) groups excluding carboxylic acids is 1. The first kappa shape index (κ1) is 26.0. The molecule has 0 saturated carbocycles. The molecule has 4 aromatic rings. The number of rotatable bonds is 9. The first-order chi connectivity index (χ1) is 17.1. The van der Waals surface area contributed by atoms with Crippen LogP contribution in [0.3, 0.4) is 0 Å². The number of carbonyl (C=O) groups is 1. The van der Waals surface area contributed by atoms with Crippen LogP contribution in [0.15, 0.2) is 82.2 Å². The molecule has 1 unspecified atom stereocenters. The summed E-state index contributed by atoms with van der Waals surface area (Å²) in [6.45, 7) is 1.66. The van der Waals surface area contributed by atoms with E-state index >= 15 is 0 Å². The average Bonchev–Trinajstić information content (AvgIpc) is 3.24. The summed E-state index contributed by atoms with van der Waals surface area (Å²) in [6.07, 6.45) is 0.0887. The molecule has 36 heavy (non-hydrogen) atoms. The minimum Gasteiger partial charge on any atom is -0.378 e. The zero-order valence-electron chi connectivity index (χ0n) is 18.8. The van der Waals surface area contributed by atoms with Crippen LogP contribution in [0.5, 0.6) is 0 Å². The van der Waals surface area contributed by atoms with Crippen molar-refractivity contribution >= 4 is 62.1 Å². The minimum atomic E-state index is -3.86. The molecule has 4 rings (SSSR count). The predicted octanol–water partition coefficient (Wildman–Crippen LogP) is 7.17. The Morgan fingerprint density at radius 2 is 1.72 bits per heavy atom. The van der Waals surface area contributed by atoms with Crippen molar-refractivity contribution in [1.29, 1.82) is 0 Å². The highest BCUT2D eigenvalue weighted by Gasteiger charge is 2.20. The molecule has 0 amide bonds. The fourth-order valence-electron chi connectivity index (χ4n) is 3.49. The number of hydrogen-bond donors (Lipinski definition) is 2. The third-order valence-electron chi connectivity index (χ3n) is 5.25. The van der Waals surface area contributed by atoms with E-state index < -0.39 is 16.1 Å². The van der Waals surface area contributed by atoms with Gasteiger partial charge in [-0.15, -0.1) is 0 Å². The fourth-order valence-corrected chi connectivity index (χ4v) is 4.97. The summed E-state index contributed by atoms with van der Waals surface area (Å²) in [6, 6.07) is 19.0. The first-order valence-corrected chi connectivity index (χ1v) is 13.3. The van der Waals surface area contributed by atoms with Gasteiger partial charge in [0.15, 0.2) is 11.6 Å². The van der Waals surface area contributed by atoms with Crippen molar-refractivity contribution in [3.8, 4) is 0 Å². The number of ketones is 1. The molecule has 0 spiro atoms. The van der Waals surface area contributed by atoms with Crippen LogP contribution in [-0.4, -0.2) is 19.4 Å². The van der Waals surface area contributed by atoms with Crippen molar-refractivity contribution in [3.05, 3.63) is 105 Å². The van der Waals surface area contributed by atoms with Gasteiger partial charge in [-0.25, -0.2) is 8.42 Å². The van der Waals surface area contributed by atoms with Gasteiger partial charge in [0, 0.05) is 28.8 Å². The summed E-state index contributed by atoms with van der Waals surface area (Å²) >= 11 is 18.3. The van der Waals surface area contributed by atoms with Crippen molar-refractivity contribution in [2.45, 2.75) is 24.3 Å². The van der Waals surface area contributed by atoms with Crippen molar-refractivity contribution in [2.75, 3.05) is 10.0 Å². The van der Waals surface area contributed by atoms with Crippen LogP contribution >= 0.6 is 34.8 Å². The number of aromatic nitrogens is 1. The summed E-state index contributed by atoms with van der Waals surface area (Å²) in [5, 5.41) is 8.13. The van der Waals surface area contributed by atoms with Gasteiger partial charge in [0.05, 0.1) is 21.0 Å². The van der Waals surface area contributed by atoms with Gasteiger partial charge in [0.25, 0.3) is 10.0 Å². The second-order valence-corrected chi connectivity index (χ2v) is 10.9. The van der Waals surface area contributed by atoms with Gasteiger partial charge in [-0.3, -0.25) is 9.52 Å². The second-order valence-electron chi connectivity index (χ2n) is 7.96. The van der Waals surface area contributed by atoms with Crippen molar-refractivity contribution in [2.24, 2.45) is 0 Å². The molecule has 3 aromatic carbocycles. The highest BCUT2D eigenvalue weighted by molar-refractivity contribution is 7.92. The van der Waals surface area contributed by atoms with Gasteiger partial charge in [-0.05, 0) is 67.1 Å². The van der Waals surface area contributed by atoms with Crippen LogP contribution in [0, 0.1) is 6.92 Å². The summed E-state index contributed by atoms with van der Waals surface area (Å²) in [4.78, 5) is 13.1.